The fraction of sp³-hybridized carbons (Fsp3) is 0.902. The summed E-state index contributed by atoms with van der Waals surface area (Å²) in [5.41, 5.74) is 0.0276. The minimum Gasteiger partial charge on any atom is -0.507 e. The highest BCUT2D eigenvalue weighted by molar-refractivity contribution is 6.27. The molecular formula is C61H113NO24. The van der Waals surface area contributed by atoms with Crippen LogP contribution in [0, 0.1) is 41.4 Å². The normalized spacial score (nSPS) is 29.5. The van der Waals surface area contributed by atoms with Crippen LogP contribution >= 0.6 is 0 Å². The molecule has 0 aromatic carbocycles. The molecule has 2 saturated heterocycles. The molecule has 2 rings (SSSR count). The molecule has 2 fully saturated rings. The molecule has 506 valence electrons. The Balaban J connectivity index is 1.88. The van der Waals surface area contributed by atoms with Gasteiger partial charge in [0, 0.05) is 48.9 Å². The van der Waals surface area contributed by atoms with Crippen molar-refractivity contribution in [1.29, 1.82) is 0 Å². The first-order valence-corrected chi connectivity index (χ1v) is 31.2. The minimum absolute atomic E-state index is 0.111. The number of allylic oxidation sites excluding steroid dienone is 2. The summed E-state index contributed by atoms with van der Waals surface area (Å²) in [6.45, 7) is 16.2. The van der Waals surface area contributed by atoms with E-state index in [0.717, 1.165) is 38.5 Å². The van der Waals surface area contributed by atoms with Crippen molar-refractivity contribution in [1.82, 2.24) is 5.32 Å². The van der Waals surface area contributed by atoms with Crippen LogP contribution in [0.3, 0.4) is 0 Å². The number of aliphatic hydroxyl groups is 21. The molecule has 86 heavy (non-hydrogen) atoms. The predicted octanol–water partition coefficient (Wildman–Crippen LogP) is -1.51. The highest BCUT2D eigenvalue weighted by Crippen LogP contribution is 2.36. The van der Waals surface area contributed by atoms with E-state index in [9.17, 15) is 117 Å². The number of Topliss-reactive ketones (excluding diaryl/α,β-unsaturated/α-hetero) is 1. The number of hydrogen-bond donors (Lipinski definition) is 22. The van der Waals surface area contributed by atoms with Crippen LogP contribution in [0.4, 0.5) is 0 Å². The quantitative estimate of drug-likeness (QED) is 0.0143. The molecule has 24 unspecified atom stereocenters. The van der Waals surface area contributed by atoms with E-state index in [1.54, 1.807) is 13.0 Å². The predicted molar refractivity (Wildman–Crippen MR) is 314 cm³/mol. The summed E-state index contributed by atoms with van der Waals surface area (Å²) in [6.07, 6.45) is -28.2. The second-order valence-electron chi connectivity index (χ2n) is 26.0. The van der Waals surface area contributed by atoms with Gasteiger partial charge in [0.15, 0.2) is 11.6 Å². The van der Waals surface area contributed by atoms with Gasteiger partial charge in [-0.05, 0) is 69.8 Å². The zero-order chi connectivity index (χ0) is 66.0. The average molecular weight is 1240 g/mol. The molecule has 0 spiro atoms. The number of rotatable bonds is 41. The van der Waals surface area contributed by atoms with Gasteiger partial charge in [-0.1, -0.05) is 106 Å². The van der Waals surface area contributed by atoms with Gasteiger partial charge in [-0.2, -0.15) is 0 Å². The van der Waals surface area contributed by atoms with Gasteiger partial charge in [0.25, 0.3) is 5.91 Å². The van der Waals surface area contributed by atoms with Gasteiger partial charge in [-0.15, -0.1) is 0 Å². The minimum atomic E-state index is -2.59. The van der Waals surface area contributed by atoms with Gasteiger partial charge in [-0.25, -0.2) is 0 Å². The first-order valence-electron chi connectivity index (χ1n) is 31.2. The molecule has 29 atom stereocenters. The molecule has 22 N–H and O–H groups in total. The fourth-order valence-electron chi connectivity index (χ4n) is 12.2. The van der Waals surface area contributed by atoms with E-state index in [1.165, 1.54) is 41.5 Å². The molecule has 0 aromatic rings. The smallest absolute Gasteiger partial charge is 0.259 e. The SMILES string of the molecule is CCCCCCCCCC(O)C[C@]1(O)O[C@H](CC(O)C(O)C(O)C(O)C(O)CC(O)CC(O)CC(O)C(C)C(O)C(C)C(O)CC(O)C(C)C(O)C(C)C(O)C(C)C(O)C(O)CC(C)CC(C)/C=C(C)/C(O)=C2\C(=O)NC(C)C2=O)[C@@H](O)[C@H](O)[C@@H]1O. The lowest BCUT2D eigenvalue weighted by molar-refractivity contribution is -0.356. The van der Waals surface area contributed by atoms with Crippen molar-refractivity contribution in [2.24, 2.45) is 41.4 Å². The summed E-state index contributed by atoms with van der Waals surface area (Å²) < 4.78 is 5.50. The number of hydrogen-bond acceptors (Lipinski definition) is 24. The number of amides is 1. The summed E-state index contributed by atoms with van der Waals surface area (Å²) in [5.74, 6) is -9.46. The topological polar surface area (TPSA) is 480 Å². The largest absolute Gasteiger partial charge is 0.507 e. The molecule has 0 aromatic heterocycles. The Kier molecular flexibility index (Phi) is 34.4. The molecule has 0 saturated carbocycles. The Hall–Kier alpha value is -2.42. The monoisotopic (exact) mass is 1240 g/mol. The van der Waals surface area contributed by atoms with Gasteiger partial charge < -0.3 is 117 Å². The number of nitrogens with one attached hydrogen (secondary N) is 1. The van der Waals surface area contributed by atoms with E-state index in [2.05, 4.69) is 12.2 Å². The van der Waals surface area contributed by atoms with Crippen LogP contribution < -0.4 is 5.32 Å². The molecule has 25 nitrogen and oxygen atoms in total. The Bertz CT molecular complexity index is 2040. The van der Waals surface area contributed by atoms with Gasteiger partial charge in [0.1, 0.15) is 48.0 Å². The maximum Gasteiger partial charge on any atom is 0.259 e. The van der Waals surface area contributed by atoms with Crippen molar-refractivity contribution >= 4 is 11.7 Å². The van der Waals surface area contributed by atoms with Crippen molar-refractivity contribution in [2.75, 3.05) is 0 Å². The summed E-state index contributed by atoms with van der Waals surface area (Å²) in [4.78, 5) is 24.5. The van der Waals surface area contributed by atoms with Crippen molar-refractivity contribution in [3.05, 3.63) is 23.0 Å². The maximum absolute atomic E-state index is 12.4. The number of carbonyl (C=O) groups is 2. The Morgan fingerprint density at radius 1 is 0.535 bits per heavy atom. The Morgan fingerprint density at radius 2 is 0.988 bits per heavy atom. The van der Waals surface area contributed by atoms with Crippen molar-refractivity contribution in [2.45, 2.75) is 306 Å². The number of ketones is 1. The van der Waals surface area contributed by atoms with Crippen LogP contribution in [0.25, 0.3) is 0 Å². The van der Waals surface area contributed by atoms with Crippen LogP contribution in [-0.4, -0.2) is 253 Å². The lowest BCUT2D eigenvalue weighted by Crippen LogP contribution is -2.65. The Morgan fingerprint density at radius 3 is 1.51 bits per heavy atom. The van der Waals surface area contributed by atoms with E-state index in [-0.39, 0.29) is 36.7 Å². The molecule has 0 bridgehead atoms. The number of carbonyl (C=O) groups excluding carboxylic acids is 2. The van der Waals surface area contributed by atoms with Gasteiger partial charge in [0.2, 0.25) is 0 Å². The van der Waals surface area contributed by atoms with Crippen molar-refractivity contribution in [3.8, 4) is 0 Å². The molecule has 2 aliphatic heterocycles. The summed E-state index contributed by atoms with van der Waals surface area (Å²) >= 11 is 0. The third kappa shape index (κ3) is 23.4. The number of ether oxygens (including phenoxy) is 1. The highest BCUT2D eigenvalue weighted by atomic mass is 16.7. The zero-order valence-electron chi connectivity index (χ0n) is 52.2. The van der Waals surface area contributed by atoms with Crippen molar-refractivity contribution < 1.29 is 122 Å². The summed E-state index contributed by atoms with van der Waals surface area (Å²) in [7, 11) is 0. The van der Waals surface area contributed by atoms with Gasteiger partial charge in [0.05, 0.1) is 91.5 Å². The van der Waals surface area contributed by atoms with Crippen LogP contribution in [0.5, 0.6) is 0 Å². The maximum atomic E-state index is 12.4. The molecule has 1 amide bonds. The fourth-order valence-corrected chi connectivity index (χ4v) is 12.2. The highest BCUT2D eigenvalue weighted by Gasteiger charge is 2.54. The van der Waals surface area contributed by atoms with Gasteiger partial charge >= 0.3 is 0 Å². The van der Waals surface area contributed by atoms with Gasteiger partial charge in [-0.3, -0.25) is 9.59 Å². The van der Waals surface area contributed by atoms with Crippen LogP contribution in [0.2, 0.25) is 0 Å². The lowest BCUT2D eigenvalue weighted by Gasteiger charge is -2.47. The van der Waals surface area contributed by atoms with E-state index in [4.69, 9.17) is 4.74 Å². The standard InChI is InChI=1S/C61H113NO24/c1-11-12-13-14-15-16-17-18-37(63)27-61(85)59(83)58(82)56(80)46(86-61)26-45(71)55(79)57(81)54(78)44(70)24-39(65)22-38(64)23-40(66)31(5)49(73)32(6)41(67)25-42(68)33(7)50(74)34(8)51(75)35(9)52(76)43(69)21-29(3)19-28(2)20-30(4)48(72)47-53(77)36(10)62-60(47)84/h20,28-29,31-46,49-52,54-59,63-76,78-83,85H,11-19,21-27H2,1-10H3,(H,62,84)/b30-20+,48-47+/t28?,29?,31?,32?,33?,34?,35?,36?,37?,38?,39?,40?,41?,42?,43?,44?,45?,46-,49?,50?,51?,52?,54?,55?,56-,57?,58+,59+,61+/m1/s1. The van der Waals surface area contributed by atoms with Crippen LogP contribution in [0.1, 0.15) is 172 Å². The third-order valence-corrected chi connectivity index (χ3v) is 18.3. The van der Waals surface area contributed by atoms with Crippen LogP contribution in [0.15, 0.2) is 23.0 Å². The number of aliphatic hydroxyl groups excluding tert-OH is 20. The van der Waals surface area contributed by atoms with E-state index >= 15 is 0 Å². The summed E-state index contributed by atoms with van der Waals surface area (Å²) in [5, 5.41) is 231. The molecular weight excluding hydrogens is 1130 g/mol. The van der Waals surface area contributed by atoms with E-state index < -0.39 is 213 Å². The molecule has 0 aliphatic carbocycles. The first-order chi connectivity index (χ1) is 39.8. The second-order valence-corrected chi connectivity index (χ2v) is 26.0. The third-order valence-electron chi connectivity index (χ3n) is 18.3. The lowest BCUT2D eigenvalue weighted by atomic mass is 9.77. The average Bonchev–Trinajstić information content (AvgIpc) is 1.09. The molecule has 2 aliphatic rings. The van der Waals surface area contributed by atoms with Crippen molar-refractivity contribution in [3.63, 3.8) is 0 Å². The molecule has 0 radical (unpaired) electrons. The van der Waals surface area contributed by atoms with E-state index in [1.807, 2.05) is 13.8 Å². The second kappa shape index (κ2) is 37.2. The molecule has 25 heteroatoms. The summed E-state index contributed by atoms with van der Waals surface area (Å²) in [6, 6.07) is -0.745. The van der Waals surface area contributed by atoms with E-state index in [0.29, 0.717) is 18.4 Å². The zero-order valence-corrected chi connectivity index (χ0v) is 52.2. The number of unbranched alkanes of at least 4 members (excludes halogenated alkanes) is 6. The molecule has 2 heterocycles. The first kappa shape index (κ1) is 79.7. The Labute approximate surface area is 507 Å². The van der Waals surface area contributed by atoms with Crippen LogP contribution in [-0.2, 0) is 14.3 Å².